The lowest BCUT2D eigenvalue weighted by Gasteiger charge is -2.37. The molecule has 0 aliphatic carbocycles. The van der Waals surface area contributed by atoms with Crippen LogP contribution >= 0.6 is 0 Å². The molecule has 3 N–H and O–H groups in total. The molecular formula is C19H26N6O3. The smallest absolute Gasteiger partial charge is 0.249 e. The van der Waals surface area contributed by atoms with E-state index in [0.29, 0.717) is 17.3 Å². The molecule has 2 aliphatic rings. The van der Waals surface area contributed by atoms with Crippen LogP contribution in [0.25, 0.3) is 0 Å². The Morgan fingerprint density at radius 1 is 1.11 bits per heavy atom. The number of likely N-dealkylation sites (N-methyl/N-ethyl adjacent to an activating group) is 1. The van der Waals surface area contributed by atoms with Gasteiger partial charge in [0.1, 0.15) is 6.04 Å². The van der Waals surface area contributed by atoms with Crippen LogP contribution in [0.1, 0.15) is 20.3 Å². The molecule has 2 aliphatic heterocycles. The number of carbonyl (C=O) groups is 3. The number of anilines is 2. The zero-order valence-corrected chi connectivity index (χ0v) is 16.2. The fourth-order valence-electron chi connectivity index (χ4n) is 3.23. The molecule has 2 heterocycles. The number of hydrogen-bond acceptors (Lipinski definition) is 6. The molecule has 0 bridgehead atoms. The number of piperazine rings is 1. The summed E-state index contributed by atoms with van der Waals surface area (Å²) in [6, 6.07) is 6.03. The zero-order chi connectivity index (χ0) is 20.1. The van der Waals surface area contributed by atoms with E-state index in [1.54, 1.807) is 24.3 Å². The number of guanidine groups is 1. The van der Waals surface area contributed by atoms with Gasteiger partial charge in [-0.15, -0.1) is 0 Å². The quantitative estimate of drug-likeness (QED) is 0.697. The molecule has 3 rings (SSSR count). The van der Waals surface area contributed by atoms with Crippen LogP contribution in [0.15, 0.2) is 29.3 Å². The van der Waals surface area contributed by atoms with Gasteiger partial charge >= 0.3 is 0 Å². The Morgan fingerprint density at radius 3 is 2.29 bits per heavy atom. The van der Waals surface area contributed by atoms with Crippen LogP contribution in [-0.4, -0.2) is 72.2 Å². The van der Waals surface area contributed by atoms with Crippen LogP contribution in [0, 0.1) is 0 Å². The number of benzene rings is 1. The first-order chi connectivity index (χ1) is 13.4. The molecule has 0 saturated carbocycles. The van der Waals surface area contributed by atoms with Gasteiger partial charge in [0.15, 0.2) is 0 Å². The van der Waals surface area contributed by atoms with Gasteiger partial charge in [-0.1, -0.05) is 6.92 Å². The van der Waals surface area contributed by atoms with E-state index in [1.807, 2.05) is 4.90 Å². The van der Waals surface area contributed by atoms with Gasteiger partial charge in [0.25, 0.3) is 0 Å². The Hall–Kier alpha value is -2.94. The maximum atomic E-state index is 12.6. The molecule has 1 aromatic carbocycles. The van der Waals surface area contributed by atoms with E-state index in [9.17, 15) is 14.4 Å². The minimum absolute atomic E-state index is 0.0221. The number of nitrogens with zero attached hydrogens (tertiary/aromatic N) is 3. The summed E-state index contributed by atoms with van der Waals surface area (Å²) < 4.78 is 0. The molecule has 28 heavy (non-hydrogen) atoms. The van der Waals surface area contributed by atoms with Gasteiger partial charge in [0.05, 0.1) is 6.42 Å². The Morgan fingerprint density at radius 2 is 1.71 bits per heavy atom. The van der Waals surface area contributed by atoms with Gasteiger partial charge < -0.3 is 20.4 Å². The van der Waals surface area contributed by atoms with Gasteiger partial charge in [0.2, 0.25) is 23.7 Å². The third-order valence-electron chi connectivity index (χ3n) is 4.80. The van der Waals surface area contributed by atoms with E-state index in [2.05, 4.69) is 32.8 Å². The average molecular weight is 386 g/mol. The molecule has 1 saturated heterocycles. The van der Waals surface area contributed by atoms with Crippen LogP contribution in [0.3, 0.4) is 0 Å². The van der Waals surface area contributed by atoms with Crippen LogP contribution in [0.2, 0.25) is 0 Å². The third-order valence-corrected chi connectivity index (χ3v) is 4.80. The first-order valence-electron chi connectivity index (χ1n) is 9.48. The minimum Gasteiger partial charge on any atom is -0.340 e. The lowest BCUT2D eigenvalue weighted by molar-refractivity contribution is -0.125. The predicted molar refractivity (Wildman–Crippen MR) is 107 cm³/mol. The lowest BCUT2D eigenvalue weighted by atomic mass is 10.1. The summed E-state index contributed by atoms with van der Waals surface area (Å²) >= 11 is 0. The first kappa shape index (κ1) is 19.8. The molecule has 1 atom stereocenters. The molecule has 0 spiro atoms. The van der Waals surface area contributed by atoms with Crippen molar-refractivity contribution >= 4 is 35.1 Å². The molecule has 0 aromatic heterocycles. The fourth-order valence-corrected chi connectivity index (χ4v) is 3.23. The van der Waals surface area contributed by atoms with Crippen molar-refractivity contribution in [2.45, 2.75) is 26.3 Å². The maximum absolute atomic E-state index is 12.6. The number of amides is 3. The second-order valence-electron chi connectivity index (χ2n) is 6.89. The molecule has 150 valence electrons. The number of hydrogen-bond donors (Lipinski definition) is 3. The average Bonchev–Trinajstić information content (AvgIpc) is 2.68. The lowest BCUT2D eigenvalue weighted by Crippen LogP contribution is -2.56. The van der Waals surface area contributed by atoms with E-state index in [1.165, 1.54) is 6.92 Å². The van der Waals surface area contributed by atoms with Crippen LogP contribution in [0.4, 0.5) is 11.4 Å². The van der Waals surface area contributed by atoms with Crippen molar-refractivity contribution in [1.82, 2.24) is 15.1 Å². The molecule has 1 aromatic rings. The number of carbonyl (C=O) groups excluding carboxylic acids is 3. The van der Waals surface area contributed by atoms with Crippen molar-refractivity contribution in [2.24, 2.45) is 4.99 Å². The Kier molecular flexibility index (Phi) is 6.25. The molecule has 0 radical (unpaired) electrons. The standard InChI is InChI=1S/C19H26N6O3/c1-3-24-8-10-25(11-9-24)19-22-16(12-17(27)23-19)18(28)21-15-6-4-14(5-7-15)20-13(2)26/h4-7,16H,3,8-12H2,1-2H3,(H,20,26)(H,21,28)(H,22,23,27)/t16-/m1/s1. The van der Waals surface area contributed by atoms with Gasteiger partial charge in [-0.05, 0) is 30.8 Å². The molecule has 9 heteroatoms. The van der Waals surface area contributed by atoms with Crippen LogP contribution in [0.5, 0.6) is 0 Å². The summed E-state index contributed by atoms with van der Waals surface area (Å²) in [7, 11) is 0. The normalized spacial score (nSPS) is 20.2. The van der Waals surface area contributed by atoms with Gasteiger partial charge in [0, 0.05) is 44.5 Å². The summed E-state index contributed by atoms with van der Waals surface area (Å²) in [6.07, 6.45) is 0.0221. The van der Waals surface area contributed by atoms with Gasteiger partial charge in [-0.2, -0.15) is 0 Å². The zero-order valence-electron chi connectivity index (χ0n) is 16.2. The van der Waals surface area contributed by atoms with E-state index < -0.39 is 6.04 Å². The van der Waals surface area contributed by atoms with Crippen molar-refractivity contribution in [2.75, 3.05) is 43.4 Å². The van der Waals surface area contributed by atoms with E-state index in [0.717, 1.165) is 32.7 Å². The summed E-state index contributed by atoms with van der Waals surface area (Å²) in [5, 5.41) is 8.25. The largest absolute Gasteiger partial charge is 0.340 e. The third kappa shape index (κ3) is 5.07. The van der Waals surface area contributed by atoms with Crippen molar-refractivity contribution in [3.63, 3.8) is 0 Å². The Balaban J connectivity index is 1.63. The summed E-state index contributed by atoms with van der Waals surface area (Å²) in [5.74, 6) is -0.212. The fraction of sp³-hybridized carbons (Fsp3) is 0.474. The van der Waals surface area contributed by atoms with Crippen LogP contribution in [-0.2, 0) is 14.4 Å². The minimum atomic E-state index is -0.761. The molecule has 9 nitrogen and oxygen atoms in total. The number of aliphatic imine (C=N–C) groups is 1. The van der Waals surface area contributed by atoms with E-state index in [4.69, 9.17) is 0 Å². The van der Waals surface area contributed by atoms with Crippen molar-refractivity contribution in [3.8, 4) is 0 Å². The van der Waals surface area contributed by atoms with Crippen LogP contribution < -0.4 is 16.0 Å². The van der Waals surface area contributed by atoms with Crippen molar-refractivity contribution in [1.29, 1.82) is 0 Å². The highest BCUT2D eigenvalue weighted by molar-refractivity contribution is 6.06. The molecule has 3 amide bonds. The van der Waals surface area contributed by atoms with E-state index in [-0.39, 0.29) is 24.1 Å². The second kappa shape index (κ2) is 8.83. The van der Waals surface area contributed by atoms with Gasteiger partial charge in [-0.3, -0.25) is 19.7 Å². The molecule has 0 unspecified atom stereocenters. The highest BCUT2D eigenvalue weighted by Crippen LogP contribution is 2.16. The van der Waals surface area contributed by atoms with Crippen molar-refractivity contribution < 1.29 is 14.4 Å². The number of rotatable bonds is 4. The summed E-state index contributed by atoms with van der Waals surface area (Å²) in [6.45, 7) is 7.90. The maximum Gasteiger partial charge on any atom is 0.249 e. The SMILES string of the molecule is CCN1CCN(C2=N[C@@H](C(=O)Nc3ccc(NC(C)=O)cc3)CC(=O)N2)CC1. The molecular weight excluding hydrogens is 360 g/mol. The van der Waals surface area contributed by atoms with Gasteiger partial charge in [-0.25, -0.2) is 4.99 Å². The Bertz CT molecular complexity index is 768. The Labute approximate surface area is 164 Å². The summed E-state index contributed by atoms with van der Waals surface area (Å²) in [4.78, 5) is 44.6. The highest BCUT2D eigenvalue weighted by atomic mass is 16.2. The number of nitrogens with one attached hydrogen (secondary N) is 3. The highest BCUT2D eigenvalue weighted by Gasteiger charge is 2.30. The summed E-state index contributed by atoms with van der Waals surface area (Å²) in [5.41, 5.74) is 1.23. The first-order valence-corrected chi connectivity index (χ1v) is 9.48. The second-order valence-corrected chi connectivity index (χ2v) is 6.89. The monoisotopic (exact) mass is 386 g/mol. The molecule has 1 fully saturated rings. The predicted octanol–water partition coefficient (Wildman–Crippen LogP) is 0.466. The topological polar surface area (TPSA) is 106 Å². The van der Waals surface area contributed by atoms with E-state index >= 15 is 0 Å². The van der Waals surface area contributed by atoms with Crippen molar-refractivity contribution in [3.05, 3.63) is 24.3 Å².